The Morgan fingerprint density at radius 2 is 2.46 bits per heavy atom. The molecule has 1 fully saturated rings. The van der Waals surface area contributed by atoms with Crippen molar-refractivity contribution < 1.29 is 0 Å². The fourth-order valence-electron chi connectivity index (χ4n) is 1.80. The maximum absolute atomic E-state index is 5.61. The Balaban J connectivity index is 2.00. The van der Waals surface area contributed by atoms with Crippen LogP contribution in [0, 0.1) is 5.92 Å². The van der Waals surface area contributed by atoms with Crippen LogP contribution < -0.4 is 11.1 Å². The van der Waals surface area contributed by atoms with E-state index in [4.69, 9.17) is 5.73 Å². The van der Waals surface area contributed by atoms with Crippen LogP contribution in [0.5, 0.6) is 0 Å². The first-order valence-corrected chi connectivity index (χ1v) is 4.77. The molecule has 3 heteroatoms. The predicted octanol–water partition coefficient (Wildman–Crippen LogP) is 0.816. The number of nitrogen functional groups attached to an aromatic ring is 1. The summed E-state index contributed by atoms with van der Waals surface area (Å²) in [5.41, 5.74) is 6.73. The van der Waals surface area contributed by atoms with Crippen molar-refractivity contribution in [1.82, 2.24) is 10.3 Å². The van der Waals surface area contributed by atoms with Gasteiger partial charge in [-0.2, -0.15) is 0 Å². The van der Waals surface area contributed by atoms with Crippen molar-refractivity contribution in [3.05, 3.63) is 23.9 Å². The molecule has 13 heavy (non-hydrogen) atoms. The minimum absolute atomic E-state index is 0.628. The minimum atomic E-state index is 0.628. The van der Waals surface area contributed by atoms with Gasteiger partial charge in [0.15, 0.2) is 0 Å². The van der Waals surface area contributed by atoms with Crippen molar-refractivity contribution in [3.8, 4) is 0 Å². The van der Waals surface area contributed by atoms with Crippen LogP contribution in [0.4, 0.5) is 5.82 Å². The fourth-order valence-corrected chi connectivity index (χ4v) is 1.80. The molecular formula is C10H15N3. The second kappa shape index (κ2) is 3.75. The van der Waals surface area contributed by atoms with Gasteiger partial charge in [0, 0.05) is 5.69 Å². The quantitative estimate of drug-likeness (QED) is 0.703. The second-order valence-electron chi connectivity index (χ2n) is 3.62. The first-order valence-electron chi connectivity index (χ1n) is 4.77. The number of nitrogens with zero attached hydrogens (tertiary/aromatic N) is 1. The van der Waals surface area contributed by atoms with Gasteiger partial charge in [0.2, 0.25) is 0 Å². The lowest BCUT2D eigenvalue weighted by molar-refractivity contribution is 0.572. The molecule has 70 valence electrons. The van der Waals surface area contributed by atoms with E-state index >= 15 is 0 Å². The smallest absolute Gasteiger partial charge is 0.123 e. The van der Waals surface area contributed by atoms with Crippen molar-refractivity contribution in [2.75, 3.05) is 18.8 Å². The molecule has 1 atom stereocenters. The Labute approximate surface area is 78.4 Å². The van der Waals surface area contributed by atoms with Gasteiger partial charge in [0.25, 0.3) is 0 Å². The van der Waals surface area contributed by atoms with E-state index in [1.165, 1.54) is 6.42 Å². The normalized spacial score (nSPS) is 22.0. The first-order chi connectivity index (χ1) is 6.34. The summed E-state index contributed by atoms with van der Waals surface area (Å²) in [6, 6.07) is 5.85. The first kappa shape index (κ1) is 8.51. The highest BCUT2D eigenvalue weighted by Gasteiger charge is 2.15. The van der Waals surface area contributed by atoms with E-state index in [0.29, 0.717) is 5.82 Å². The topological polar surface area (TPSA) is 50.9 Å². The summed E-state index contributed by atoms with van der Waals surface area (Å²) in [7, 11) is 0. The molecule has 0 bridgehead atoms. The largest absolute Gasteiger partial charge is 0.384 e. The Morgan fingerprint density at radius 1 is 1.54 bits per heavy atom. The number of pyridine rings is 1. The monoisotopic (exact) mass is 177 g/mol. The van der Waals surface area contributed by atoms with Gasteiger partial charge in [-0.15, -0.1) is 0 Å². The van der Waals surface area contributed by atoms with Gasteiger partial charge in [0.1, 0.15) is 5.82 Å². The van der Waals surface area contributed by atoms with Gasteiger partial charge in [-0.25, -0.2) is 4.98 Å². The highest BCUT2D eigenvalue weighted by Crippen LogP contribution is 2.14. The third-order valence-electron chi connectivity index (χ3n) is 2.49. The van der Waals surface area contributed by atoms with Crippen LogP contribution in [-0.2, 0) is 6.42 Å². The SMILES string of the molecule is Nc1cccc(C[C@H]2CCNC2)n1. The zero-order valence-corrected chi connectivity index (χ0v) is 7.66. The van der Waals surface area contributed by atoms with Crippen LogP contribution in [0.25, 0.3) is 0 Å². The lowest BCUT2D eigenvalue weighted by Gasteiger charge is -2.07. The van der Waals surface area contributed by atoms with Gasteiger partial charge in [0.05, 0.1) is 0 Å². The molecule has 3 N–H and O–H groups in total. The number of nitrogens with two attached hydrogens (primary N) is 1. The average Bonchev–Trinajstić information content (AvgIpc) is 2.57. The number of nitrogens with one attached hydrogen (secondary N) is 1. The number of hydrogen-bond acceptors (Lipinski definition) is 3. The molecule has 3 nitrogen and oxygen atoms in total. The average molecular weight is 177 g/mol. The molecule has 0 amide bonds. The molecule has 1 aliphatic rings. The maximum Gasteiger partial charge on any atom is 0.123 e. The van der Waals surface area contributed by atoms with Crippen LogP contribution in [0.3, 0.4) is 0 Å². The molecule has 0 unspecified atom stereocenters. The number of anilines is 1. The molecule has 1 saturated heterocycles. The molecule has 0 spiro atoms. The van der Waals surface area contributed by atoms with E-state index in [0.717, 1.165) is 31.1 Å². The standard InChI is InChI=1S/C10H15N3/c11-10-3-1-2-9(13-10)6-8-4-5-12-7-8/h1-3,8,12H,4-7H2,(H2,11,13)/t8-/m1/s1. The molecule has 2 rings (SSSR count). The van der Waals surface area contributed by atoms with E-state index in [9.17, 15) is 0 Å². The zero-order chi connectivity index (χ0) is 9.10. The summed E-state index contributed by atoms with van der Waals surface area (Å²) in [5, 5.41) is 3.35. The summed E-state index contributed by atoms with van der Waals surface area (Å²) in [6.45, 7) is 2.27. The highest BCUT2D eigenvalue weighted by atomic mass is 14.9. The van der Waals surface area contributed by atoms with Crippen molar-refractivity contribution in [1.29, 1.82) is 0 Å². The molecule has 1 aromatic rings. The summed E-state index contributed by atoms with van der Waals surface area (Å²) in [6.07, 6.45) is 2.31. The molecule has 1 aliphatic heterocycles. The number of hydrogen-bond donors (Lipinski definition) is 2. The van der Waals surface area contributed by atoms with E-state index in [2.05, 4.69) is 16.4 Å². The minimum Gasteiger partial charge on any atom is -0.384 e. The number of rotatable bonds is 2. The van der Waals surface area contributed by atoms with E-state index in [1.807, 2.05) is 12.1 Å². The van der Waals surface area contributed by atoms with Crippen molar-refractivity contribution >= 4 is 5.82 Å². The van der Waals surface area contributed by atoms with Crippen LogP contribution in [0.1, 0.15) is 12.1 Å². The lowest BCUT2D eigenvalue weighted by atomic mass is 10.0. The van der Waals surface area contributed by atoms with Crippen molar-refractivity contribution in [2.45, 2.75) is 12.8 Å². The molecule has 0 aliphatic carbocycles. The van der Waals surface area contributed by atoms with Crippen LogP contribution in [0.2, 0.25) is 0 Å². The Kier molecular flexibility index (Phi) is 2.45. The van der Waals surface area contributed by atoms with Crippen molar-refractivity contribution in [2.24, 2.45) is 5.92 Å². The Hall–Kier alpha value is -1.09. The molecule has 1 aromatic heterocycles. The van der Waals surface area contributed by atoms with Gasteiger partial charge in [-0.1, -0.05) is 6.07 Å². The Bertz CT molecular complexity index is 279. The number of aromatic nitrogens is 1. The highest BCUT2D eigenvalue weighted by molar-refractivity contribution is 5.28. The third kappa shape index (κ3) is 2.18. The zero-order valence-electron chi connectivity index (χ0n) is 7.66. The van der Waals surface area contributed by atoms with Gasteiger partial charge < -0.3 is 11.1 Å². The van der Waals surface area contributed by atoms with Crippen molar-refractivity contribution in [3.63, 3.8) is 0 Å². The molecule has 2 heterocycles. The van der Waals surface area contributed by atoms with Gasteiger partial charge in [-0.3, -0.25) is 0 Å². The van der Waals surface area contributed by atoms with E-state index in [1.54, 1.807) is 0 Å². The lowest BCUT2D eigenvalue weighted by Crippen LogP contribution is -2.11. The summed E-state index contributed by atoms with van der Waals surface area (Å²) in [4.78, 5) is 4.29. The van der Waals surface area contributed by atoms with E-state index < -0.39 is 0 Å². The summed E-state index contributed by atoms with van der Waals surface area (Å²) < 4.78 is 0. The van der Waals surface area contributed by atoms with Gasteiger partial charge >= 0.3 is 0 Å². The van der Waals surface area contributed by atoms with Crippen LogP contribution in [-0.4, -0.2) is 18.1 Å². The third-order valence-corrected chi connectivity index (χ3v) is 2.49. The summed E-state index contributed by atoms with van der Waals surface area (Å²) in [5.74, 6) is 1.37. The molecule has 0 saturated carbocycles. The van der Waals surface area contributed by atoms with Crippen LogP contribution in [0.15, 0.2) is 18.2 Å². The molecule has 0 radical (unpaired) electrons. The molecule has 0 aromatic carbocycles. The predicted molar refractivity (Wildman–Crippen MR) is 53.3 cm³/mol. The molecular weight excluding hydrogens is 162 g/mol. The van der Waals surface area contributed by atoms with Crippen LogP contribution >= 0.6 is 0 Å². The van der Waals surface area contributed by atoms with E-state index in [-0.39, 0.29) is 0 Å². The maximum atomic E-state index is 5.61. The second-order valence-corrected chi connectivity index (χ2v) is 3.62. The van der Waals surface area contributed by atoms with Gasteiger partial charge in [-0.05, 0) is 44.0 Å². The Morgan fingerprint density at radius 3 is 3.15 bits per heavy atom. The fraction of sp³-hybridized carbons (Fsp3) is 0.500. The summed E-state index contributed by atoms with van der Waals surface area (Å²) >= 11 is 0.